The molecule has 5 nitrogen and oxygen atoms in total. The number of rotatable bonds is 2. The van der Waals surface area contributed by atoms with E-state index < -0.39 is 15.1 Å². The standard InChI is InChI=1S/C14H15FN2O3S/c1-9-8-10(5-6-11(9)15)13-16-14(20-17-13)12-4-2-3-7-21(12,18)19/h5-6,8,12H,2-4,7H2,1H3. The molecule has 21 heavy (non-hydrogen) atoms. The molecule has 1 atom stereocenters. The number of hydrogen-bond acceptors (Lipinski definition) is 5. The van der Waals surface area contributed by atoms with Gasteiger partial charge in [0.05, 0.1) is 5.75 Å². The summed E-state index contributed by atoms with van der Waals surface area (Å²) in [6.07, 6.45) is 2.01. The van der Waals surface area contributed by atoms with Crippen molar-refractivity contribution in [2.45, 2.75) is 31.4 Å². The van der Waals surface area contributed by atoms with Gasteiger partial charge in [0.1, 0.15) is 11.1 Å². The van der Waals surface area contributed by atoms with Gasteiger partial charge in [-0.1, -0.05) is 11.6 Å². The van der Waals surface area contributed by atoms with Gasteiger partial charge in [0, 0.05) is 5.56 Å². The molecule has 1 aromatic carbocycles. The Labute approximate surface area is 122 Å². The van der Waals surface area contributed by atoms with Crippen LogP contribution in [-0.4, -0.2) is 24.3 Å². The second-order valence-corrected chi connectivity index (χ2v) is 7.57. The van der Waals surface area contributed by atoms with E-state index in [-0.39, 0.29) is 23.3 Å². The Kier molecular flexibility index (Phi) is 3.52. The minimum absolute atomic E-state index is 0.131. The lowest BCUT2D eigenvalue weighted by molar-refractivity contribution is 0.364. The number of aryl methyl sites for hydroxylation is 1. The highest BCUT2D eigenvalue weighted by molar-refractivity contribution is 7.91. The Morgan fingerprint density at radius 1 is 1.33 bits per heavy atom. The van der Waals surface area contributed by atoms with Gasteiger partial charge in [0.2, 0.25) is 11.7 Å². The molecule has 1 saturated heterocycles. The highest BCUT2D eigenvalue weighted by Crippen LogP contribution is 2.33. The Balaban J connectivity index is 1.94. The normalized spacial score (nSPS) is 21.3. The molecule has 0 radical (unpaired) electrons. The summed E-state index contributed by atoms with van der Waals surface area (Å²) in [5.41, 5.74) is 1.08. The molecule has 2 aromatic rings. The molecule has 1 fully saturated rings. The van der Waals surface area contributed by atoms with Gasteiger partial charge in [0.15, 0.2) is 9.84 Å². The monoisotopic (exact) mass is 310 g/mol. The predicted molar refractivity (Wildman–Crippen MR) is 74.8 cm³/mol. The van der Waals surface area contributed by atoms with Crippen molar-refractivity contribution in [2.75, 3.05) is 5.75 Å². The molecule has 3 rings (SSSR count). The molecule has 1 aromatic heterocycles. The average Bonchev–Trinajstić information content (AvgIpc) is 2.91. The first-order chi connectivity index (χ1) is 9.97. The van der Waals surface area contributed by atoms with Crippen LogP contribution in [0.3, 0.4) is 0 Å². The highest BCUT2D eigenvalue weighted by atomic mass is 32.2. The molecule has 1 aliphatic heterocycles. The van der Waals surface area contributed by atoms with Gasteiger partial charge < -0.3 is 4.52 Å². The van der Waals surface area contributed by atoms with Crippen LogP contribution in [0.4, 0.5) is 4.39 Å². The van der Waals surface area contributed by atoms with E-state index in [1.54, 1.807) is 19.1 Å². The van der Waals surface area contributed by atoms with E-state index in [2.05, 4.69) is 10.1 Å². The fourth-order valence-corrected chi connectivity index (χ4v) is 4.32. The third kappa shape index (κ3) is 2.70. The molecule has 0 bridgehead atoms. The van der Waals surface area contributed by atoms with Gasteiger partial charge >= 0.3 is 0 Å². The van der Waals surface area contributed by atoms with Crippen LogP contribution in [0.5, 0.6) is 0 Å². The zero-order chi connectivity index (χ0) is 15.0. The number of sulfone groups is 1. The summed E-state index contributed by atoms with van der Waals surface area (Å²) in [6.45, 7) is 1.64. The minimum atomic E-state index is -3.22. The van der Waals surface area contributed by atoms with Gasteiger partial charge in [-0.15, -0.1) is 0 Å². The van der Waals surface area contributed by atoms with Gasteiger partial charge in [-0.2, -0.15) is 4.98 Å². The number of aromatic nitrogens is 2. The van der Waals surface area contributed by atoms with Gasteiger partial charge in [0.25, 0.3) is 0 Å². The molecule has 1 aliphatic rings. The zero-order valence-electron chi connectivity index (χ0n) is 11.5. The van der Waals surface area contributed by atoms with Crippen LogP contribution in [0.2, 0.25) is 0 Å². The molecule has 0 amide bonds. The number of nitrogens with zero attached hydrogens (tertiary/aromatic N) is 2. The van der Waals surface area contributed by atoms with Crippen LogP contribution in [0.1, 0.15) is 36.0 Å². The summed E-state index contributed by atoms with van der Waals surface area (Å²) in [5, 5.41) is 3.11. The maximum atomic E-state index is 13.3. The molecule has 112 valence electrons. The fraction of sp³-hybridized carbons (Fsp3) is 0.429. The lowest BCUT2D eigenvalue weighted by Crippen LogP contribution is -2.21. The molecular weight excluding hydrogens is 295 g/mol. The van der Waals surface area contributed by atoms with Crippen molar-refractivity contribution in [3.8, 4) is 11.4 Å². The smallest absolute Gasteiger partial charge is 0.245 e. The van der Waals surface area contributed by atoms with Crippen molar-refractivity contribution >= 4 is 9.84 Å². The number of benzene rings is 1. The van der Waals surface area contributed by atoms with E-state index in [0.717, 1.165) is 6.42 Å². The first-order valence-corrected chi connectivity index (χ1v) is 8.50. The Morgan fingerprint density at radius 2 is 2.14 bits per heavy atom. The van der Waals surface area contributed by atoms with Crippen molar-refractivity contribution in [3.63, 3.8) is 0 Å². The molecule has 0 spiro atoms. The first kappa shape index (κ1) is 14.2. The van der Waals surface area contributed by atoms with E-state index in [0.29, 0.717) is 24.0 Å². The van der Waals surface area contributed by atoms with Gasteiger partial charge in [-0.05, 0) is 43.5 Å². The van der Waals surface area contributed by atoms with Crippen LogP contribution in [0.25, 0.3) is 11.4 Å². The summed E-state index contributed by atoms with van der Waals surface area (Å²) >= 11 is 0. The molecular formula is C14H15FN2O3S. The van der Waals surface area contributed by atoms with Crippen molar-refractivity contribution in [2.24, 2.45) is 0 Å². The van der Waals surface area contributed by atoms with E-state index in [9.17, 15) is 12.8 Å². The lowest BCUT2D eigenvalue weighted by atomic mass is 10.1. The number of halogens is 1. The van der Waals surface area contributed by atoms with Gasteiger partial charge in [-0.25, -0.2) is 12.8 Å². The topological polar surface area (TPSA) is 73.1 Å². The third-order valence-electron chi connectivity index (χ3n) is 3.71. The second kappa shape index (κ2) is 5.22. The Bertz CT molecular complexity index is 770. The largest absolute Gasteiger partial charge is 0.338 e. The van der Waals surface area contributed by atoms with Gasteiger partial charge in [-0.3, -0.25) is 0 Å². The van der Waals surface area contributed by atoms with E-state index in [4.69, 9.17) is 4.52 Å². The second-order valence-electron chi connectivity index (χ2n) is 5.27. The maximum Gasteiger partial charge on any atom is 0.245 e. The van der Waals surface area contributed by atoms with Crippen molar-refractivity contribution in [1.82, 2.24) is 10.1 Å². The summed E-state index contributed by atoms with van der Waals surface area (Å²) in [7, 11) is -3.22. The Morgan fingerprint density at radius 3 is 2.86 bits per heavy atom. The quantitative estimate of drug-likeness (QED) is 0.852. The van der Waals surface area contributed by atoms with Crippen LogP contribution in [-0.2, 0) is 9.84 Å². The average molecular weight is 310 g/mol. The molecule has 0 saturated carbocycles. The molecule has 0 N–H and O–H groups in total. The summed E-state index contributed by atoms with van der Waals surface area (Å²) in [6, 6.07) is 4.49. The molecule has 7 heteroatoms. The maximum absolute atomic E-state index is 13.3. The summed E-state index contributed by atoms with van der Waals surface area (Å²) in [5.74, 6) is 0.267. The van der Waals surface area contributed by atoms with E-state index >= 15 is 0 Å². The van der Waals surface area contributed by atoms with E-state index in [1.165, 1.54) is 6.07 Å². The van der Waals surface area contributed by atoms with Crippen molar-refractivity contribution in [1.29, 1.82) is 0 Å². The van der Waals surface area contributed by atoms with Crippen LogP contribution >= 0.6 is 0 Å². The molecule has 0 aliphatic carbocycles. The lowest BCUT2D eigenvalue weighted by Gasteiger charge is -2.18. The van der Waals surface area contributed by atoms with Crippen LogP contribution in [0.15, 0.2) is 22.7 Å². The predicted octanol–water partition coefficient (Wildman–Crippen LogP) is 2.82. The van der Waals surface area contributed by atoms with Crippen LogP contribution in [0, 0.1) is 12.7 Å². The summed E-state index contributed by atoms with van der Waals surface area (Å²) < 4.78 is 42.5. The highest BCUT2D eigenvalue weighted by Gasteiger charge is 2.34. The first-order valence-electron chi connectivity index (χ1n) is 6.79. The minimum Gasteiger partial charge on any atom is -0.338 e. The SMILES string of the molecule is Cc1cc(-c2noc(C3CCCCS3(=O)=O)n2)ccc1F. The van der Waals surface area contributed by atoms with E-state index in [1.807, 2.05) is 0 Å². The summed E-state index contributed by atoms with van der Waals surface area (Å²) in [4.78, 5) is 4.19. The van der Waals surface area contributed by atoms with Crippen molar-refractivity contribution in [3.05, 3.63) is 35.5 Å². The Hall–Kier alpha value is -1.76. The number of hydrogen-bond donors (Lipinski definition) is 0. The van der Waals surface area contributed by atoms with Crippen molar-refractivity contribution < 1.29 is 17.3 Å². The molecule has 1 unspecified atom stereocenters. The zero-order valence-corrected chi connectivity index (χ0v) is 12.4. The fourth-order valence-electron chi connectivity index (χ4n) is 2.50. The van der Waals surface area contributed by atoms with Crippen LogP contribution < -0.4 is 0 Å². The third-order valence-corrected chi connectivity index (χ3v) is 5.87. The molecule has 2 heterocycles.